The van der Waals surface area contributed by atoms with Crippen LogP contribution in [-0.2, 0) is 16.2 Å². The van der Waals surface area contributed by atoms with Gasteiger partial charge in [-0.15, -0.1) is 0 Å². The van der Waals surface area contributed by atoms with Crippen molar-refractivity contribution in [2.24, 2.45) is 0 Å². The van der Waals surface area contributed by atoms with Gasteiger partial charge in [-0.3, -0.25) is 0 Å². The molecule has 78 heavy (non-hydrogen) atoms. The maximum atomic E-state index is 7.29. The standard InChI is InChI=1S/C74H59N3O/c1-72(2,3)52-31-39-55(40-32-52)76(54-35-27-50(28-36-54)48-18-9-7-10-19-48)58-43-44-61-65(46-58)74(63-25-15-13-22-59(63)60-23-14-16-26-64(60)74)66-47-67(69-62-24-17-45-75-71(62)78-70(69)68(61)66)77(57-41-33-53(34-42-57)73(4,5)6)56-37-29-51(30-38-56)49-20-11-8-12-21-49/h7-47H,1-6H3. The molecule has 10 aromatic carbocycles. The summed E-state index contributed by atoms with van der Waals surface area (Å²) in [6, 6.07) is 89.7. The lowest BCUT2D eigenvalue weighted by molar-refractivity contribution is 0.590. The molecule has 0 bridgehead atoms. The average molecular weight is 1010 g/mol. The molecular weight excluding hydrogens is 947 g/mol. The Hall–Kier alpha value is -9.25. The van der Waals surface area contributed by atoms with Crippen molar-refractivity contribution in [2.45, 2.75) is 57.8 Å². The molecule has 1 spiro atoms. The molecule has 0 atom stereocenters. The van der Waals surface area contributed by atoms with E-state index in [9.17, 15) is 0 Å². The van der Waals surface area contributed by atoms with Gasteiger partial charge in [-0.05, 0) is 162 Å². The first-order valence-electron chi connectivity index (χ1n) is 27.3. The number of aromatic nitrogens is 1. The lowest BCUT2D eigenvalue weighted by atomic mass is 9.70. The van der Waals surface area contributed by atoms with Crippen LogP contribution in [0.5, 0.6) is 0 Å². The molecular formula is C74H59N3O. The molecule has 0 amide bonds. The lowest BCUT2D eigenvalue weighted by Crippen LogP contribution is -2.26. The number of hydrogen-bond acceptors (Lipinski definition) is 4. The molecule has 14 rings (SSSR count). The molecule has 4 heteroatoms. The summed E-state index contributed by atoms with van der Waals surface area (Å²) in [5.74, 6) is 0. The van der Waals surface area contributed by atoms with Crippen LogP contribution in [0.15, 0.2) is 253 Å². The lowest BCUT2D eigenvalue weighted by Gasteiger charge is -2.33. The minimum atomic E-state index is -0.735. The Kier molecular flexibility index (Phi) is 10.9. The Morgan fingerprint density at radius 1 is 0.372 bits per heavy atom. The number of nitrogens with zero attached hydrogens (tertiary/aromatic N) is 3. The van der Waals surface area contributed by atoms with Crippen molar-refractivity contribution in [3.05, 3.63) is 282 Å². The maximum Gasteiger partial charge on any atom is 0.227 e. The van der Waals surface area contributed by atoms with Crippen LogP contribution < -0.4 is 9.80 Å². The number of fused-ring (bicyclic) bond motifs is 14. The smallest absolute Gasteiger partial charge is 0.227 e. The van der Waals surface area contributed by atoms with Crippen LogP contribution in [-0.4, -0.2) is 4.98 Å². The Labute approximate surface area is 457 Å². The number of rotatable bonds is 8. The van der Waals surface area contributed by atoms with Crippen LogP contribution in [0.4, 0.5) is 34.1 Å². The largest absolute Gasteiger partial charge is 0.437 e. The molecule has 12 aromatic rings. The van der Waals surface area contributed by atoms with E-state index in [-0.39, 0.29) is 10.8 Å². The van der Waals surface area contributed by atoms with Crippen LogP contribution in [0.3, 0.4) is 0 Å². The van der Waals surface area contributed by atoms with Gasteiger partial charge in [0.15, 0.2) is 0 Å². The first kappa shape index (κ1) is 47.2. The Balaban J connectivity index is 1.06. The monoisotopic (exact) mass is 1010 g/mol. The highest BCUT2D eigenvalue weighted by Gasteiger charge is 2.53. The minimum absolute atomic E-state index is 0.00308. The number of hydrogen-bond donors (Lipinski definition) is 0. The predicted octanol–water partition coefficient (Wildman–Crippen LogP) is 20.2. The Morgan fingerprint density at radius 2 is 0.821 bits per heavy atom. The van der Waals surface area contributed by atoms with Gasteiger partial charge in [-0.2, -0.15) is 0 Å². The van der Waals surface area contributed by atoms with Crippen LogP contribution in [0.2, 0.25) is 0 Å². The van der Waals surface area contributed by atoms with Gasteiger partial charge in [-0.25, -0.2) is 4.98 Å². The van der Waals surface area contributed by atoms with Crippen LogP contribution >= 0.6 is 0 Å². The van der Waals surface area contributed by atoms with Crippen molar-refractivity contribution in [2.75, 3.05) is 9.80 Å². The fourth-order valence-corrected chi connectivity index (χ4v) is 12.6. The highest BCUT2D eigenvalue weighted by molar-refractivity contribution is 6.19. The van der Waals surface area contributed by atoms with Crippen molar-refractivity contribution < 1.29 is 4.42 Å². The average Bonchev–Trinajstić information content (AvgIpc) is 4.26. The second-order valence-corrected chi connectivity index (χ2v) is 23.1. The van der Waals surface area contributed by atoms with E-state index in [1.54, 1.807) is 0 Å². The zero-order chi connectivity index (χ0) is 52.9. The summed E-state index contributed by atoms with van der Waals surface area (Å²) in [6.45, 7) is 13.7. The van der Waals surface area contributed by atoms with E-state index >= 15 is 0 Å². The topological polar surface area (TPSA) is 32.5 Å². The van der Waals surface area contributed by atoms with Gasteiger partial charge >= 0.3 is 0 Å². The molecule has 0 saturated carbocycles. The van der Waals surface area contributed by atoms with Gasteiger partial charge < -0.3 is 14.2 Å². The van der Waals surface area contributed by atoms with Crippen LogP contribution in [0.25, 0.3) is 66.6 Å². The molecule has 376 valence electrons. The zero-order valence-corrected chi connectivity index (χ0v) is 44.9. The highest BCUT2D eigenvalue weighted by Crippen LogP contribution is 2.66. The molecule has 2 aliphatic rings. The van der Waals surface area contributed by atoms with Gasteiger partial charge in [0.1, 0.15) is 5.58 Å². The van der Waals surface area contributed by atoms with E-state index in [1.807, 2.05) is 12.3 Å². The SMILES string of the molecule is CC(C)(C)c1ccc(N(c2ccc(-c3ccccc3)cc2)c2ccc3c(c2)C2(c4ccccc4-c4ccccc42)c2cc(N(c4ccc(-c5ccccc5)cc4)c4ccc(C(C)(C)C)cc4)c4c(oc5ncccc54)c2-3)cc1. The van der Waals surface area contributed by atoms with Gasteiger partial charge in [0.05, 0.1) is 21.9 Å². The van der Waals surface area contributed by atoms with Crippen molar-refractivity contribution >= 4 is 56.2 Å². The first-order valence-corrected chi connectivity index (χ1v) is 27.3. The van der Waals surface area contributed by atoms with Crippen LogP contribution in [0, 0.1) is 0 Å². The van der Waals surface area contributed by atoms with Crippen molar-refractivity contribution in [1.82, 2.24) is 4.98 Å². The highest BCUT2D eigenvalue weighted by atomic mass is 16.3. The van der Waals surface area contributed by atoms with Gasteiger partial charge in [0.2, 0.25) is 5.71 Å². The van der Waals surface area contributed by atoms with E-state index in [4.69, 9.17) is 9.40 Å². The zero-order valence-electron chi connectivity index (χ0n) is 44.9. The van der Waals surface area contributed by atoms with Gasteiger partial charge in [0.25, 0.3) is 0 Å². The normalized spacial score (nSPS) is 13.1. The molecule has 0 fully saturated rings. The van der Waals surface area contributed by atoms with E-state index in [0.29, 0.717) is 5.71 Å². The third kappa shape index (κ3) is 7.45. The number of anilines is 6. The summed E-state index contributed by atoms with van der Waals surface area (Å²) < 4.78 is 7.29. The fraction of sp³-hybridized carbons (Fsp3) is 0.122. The summed E-state index contributed by atoms with van der Waals surface area (Å²) in [5.41, 5.74) is 23.9. The number of pyridine rings is 1. The third-order valence-electron chi connectivity index (χ3n) is 16.5. The molecule has 2 aliphatic carbocycles. The minimum Gasteiger partial charge on any atom is -0.437 e. The third-order valence-corrected chi connectivity index (χ3v) is 16.5. The number of benzene rings is 10. The summed E-state index contributed by atoms with van der Waals surface area (Å²) in [5, 5.41) is 1.99. The van der Waals surface area contributed by atoms with Gasteiger partial charge in [0, 0.05) is 40.2 Å². The van der Waals surface area contributed by atoms with Crippen molar-refractivity contribution in [1.29, 1.82) is 0 Å². The fourth-order valence-electron chi connectivity index (χ4n) is 12.6. The Bertz CT molecular complexity index is 4190. The first-order chi connectivity index (χ1) is 37.9. The molecule has 0 saturated heterocycles. The molecule has 0 radical (unpaired) electrons. The molecule has 0 N–H and O–H groups in total. The summed E-state index contributed by atoms with van der Waals surface area (Å²) in [7, 11) is 0. The number of furan rings is 1. The van der Waals surface area contributed by atoms with E-state index in [2.05, 4.69) is 288 Å². The van der Waals surface area contributed by atoms with Crippen molar-refractivity contribution in [3.63, 3.8) is 0 Å². The predicted molar refractivity (Wildman–Crippen MR) is 325 cm³/mol. The summed E-state index contributed by atoms with van der Waals surface area (Å²) in [4.78, 5) is 9.83. The molecule has 2 heterocycles. The van der Waals surface area contributed by atoms with E-state index in [0.717, 1.165) is 67.2 Å². The second-order valence-electron chi connectivity index (χ2n) is 23.1. The molecule has 2 aromatic heterocycles. The summed E-state index contributed by atoms with van der Waals surface area (Å²) >= 11 is 0. The molecule has 0 unspecified atom stereocenters. The Morgan fingerprint density at radius 3 is 1.33 bits per heavy atom. The molecule has 4 nitrogen and oxygen atoms in total. The molecule has 0 aliphatic heterocycles. The van der Waals surface area contributed by atoms with Crippen LogP contribution in [0.1, 0.15) is 74.9 Å². The van der Waals surface area contributed by atoms with E-state index < -0.39 is 5.41 Å². The second kappa shape index (κ2) is 17.9. The van der Waals surface area contributed by atoms with E-state index in [1.165, 1.54) is 61.2 Å². The van der Waals surface area contributed by atoms with Gasteiger partial charge in [-0.1, -0.05) is 205 Å². The summed E-state index contributed by atoms with van der Waals surface area (Å²) in [6.07, 6.45) is 1.84. The maximum absolute atomic E-state index is 7.29. The van der Waals surface area contributed by atoms with Crippen molar-refractivity contribution in [3.8, 4) is 44.5 Å². The quantitative estimate of drug-likeness (QED) is 0.152.